The molecule has 0 unspecified atom stereocenters. The third-order valence-corrected chi connectivity index (χ3v) is 5.45. The summed E-state index contributed by atoms with van der Waals surface area (Å²) in [5, 5.41) is 15.3. The SMILES string of the molecule is COc1ccc(NS(=O)(=O)c2cc([N+](=O)[O-])ccc2N/N=C(\C)c2ccco2)cc1. The summed E-state index contributed by atoms with van der Waals surface area (Å²) >= 11 is 0. The van der Waals surface area contributed by atoms with Gasteiger partial charge in [0.25, 0.3) is 15.7 Å². The fourth-order valence-corrected chi connectivity index (χ4v) is 3.73. The number of nitrogens with zero attached hydrogens (tertiary/aromatic N) is 2. The summed E-state index contributed by atoms with van der Waals surface area (Å²) in [6.07, 6.45) is 1.48. The highest BCUT2D eigenvalue weighted by molar-refractivity contribution is 7.92. The average molecular weight is 430 g/mol. The van der Waals surface area contributed by atoms with Crippen molar-refractivity contribution in [1.82, 2.24) is 0 Å². The van der Waals surface area contributed by atoms with Crippen molar-refractivity contribution in [1.29, 1.82) is 0 Å². The molecule has 2 N–H and O–H groups in total. The second-order valence-electron chi connectivity index (χ2n) is 6.06. The zero-order chi connectivity index (χ0) is 21.7. The zero-order valence-electron chi connectivity index (χ0n) is 16.0. The Morgan fingerprint density at radius 1 is 1.17 bits per heavy atom. The van der Waals surface area contributed by atoms with Crippen LogP contribution in [0.2, 0.25) is 0 Å². The minimum absolute atomic E-state index is 0.0625. The van der Waals surface area contributed by atoms with Gasteiger partial charge in [0.05, 0.1) is 24.0 Å². The fraction of sp³-hybridized carbons (Fsp3) is 0.105. The number of hydrogen-bond donors (Lipinski definition) is 2. The number of nitro groups is 1. The molecule has 156 valence electrons. The predicted octanol–water partition coefficient (Wildman–Crippen LogP) is 3.83. The molecule has 3 aromatic rings. The molecule has 30 heavy (non-hydrogen) atoms. The number of ether oxygens (including phenoxy) is 1. The maximum Gasteiger partial charge on any atom is 0.270 e. The van der Waals surface area contributed by atoms with Crippen LogP contribution in [0.5, 0.6) is 5.75 Å². The number of benzene rings is 2. The van der Waals surface area contributed by atoms with Gasteiger partial charge in [-0.15, -0.1) is 0 Å². The van der Waals surface area contributed by atoms with E-state index in [0.29, 0.717) is 17.2 Å². The van der Waals surface area contributed by atoms with E-state index in [1.807, 2.05) is 0 Å². The van der Waals surface area contributed by atoms with Crippen LogP contribution in [0.15, 0.2) is 75.3 Å². The molecule has 0 bridgehead atoms. The molecule has 1 heterocycles. The molecular weight excluding hydrogens is 412 g/mol. The number of hydrazone groups is 1. The maximum atomic E-state index is 13.0. The van der Waals surface area contributed by atoms with E-state index in [9.17, 15) is 18.5 Å². The summed E-state index contributed by atoms with van der Waals surface area (Å²) in [4.78, 5) is 10.2. The van der Waals surface area contributed by atoms with E-state index in [1.165, 1.54) is 37.6 Å². The van der Waals surface area contributed by atoms with E-state index < -0.39 is 14.9 Å². The smallest absolute Gasteiger partial charge is 0.270 e. The number of rotatable bonds is 8. The second kappa shape index (κ2) is 8.66. The largest absolute Gasteiger partial charge is 0.497 e. The van der Waals surface area contributed by atoms with Crippen molar-refractivity contribution in [3.63, 3.8) is 0 Å². The highest BCUT2D eigenvalue weighted by Crippen LogP contribution is 2.29. The number of anilines is 2. The number of nitro benzene ring substituents is 1. The van der Waals surface area contributed by atoms with Crippen LogP contribution in [0.4, 0.5) is 17.1 Å². The molecule has 11 heteroatoms. The molecule has 0 amide bonds. The monoisotopic (exact) mass is 430 g/mol. The molecular formula is C19H18N4O6S. The predicted molar refractivity (Wildman–Crippen MR) is 111 cm³/mol. The molecule has 0 fully saturated rings. The van der Waals surface area contributed by atoms with E-state index in [1.54, 1.807) is 31.2 Å². The molecule has 2 aromatic carbocycles. The van der Waals surface area contributed by atoms with Gasteiger partial charge in [-0.2, -0.15) is 5.10 Å². The third kappa shape index (κ3) is 4.75. The highest BCUT2D eigenvalue weighted by Gasteiger charge is 2.23. The van der Waals surface area contributed by atoms with E-state index in [2.05, 4.69) is 15.2 Å². The molecule has 0 aliphatic rings. The van der Waals surface area contributed by atoms with Crippen LogP contribution in [0, 0.1) is 10.1 Å². The van der Waals surface area contributed by atoms with Crippen LogP contribution < -0.4 is 14.9 Å². The minimum Gasteiger partial charge on any atom is -0.497 e. The minimum atomic E-state index is -4.17. The standard InChI is InChI=1S/C19H18N4O6S/c1-13(18-4-3-11-29-18)20-21-17-10-7-15(23(24)25)12-19(17)30(26,27)22-14-5-8-16(28-2)9-6-14/h3-12,21-22H,1-2H3/b20-13+. The summed E-state index contributed by atoms with van der Waals surface area (Å²) in [5.41, 5.74) is 3.06. The maximum absolute atomic E-state index is 13.0. The molecule has 0 atom stereocenters. The van der Waals surface area contributed by atoms with Gasteiger partial charge in [-0.25, -0.2) is 8.42 Å². The van der Waals surface area contributed by atoms with Gasteiger partial charge in [0.1, 0.15) is 22.1 Å². The van der Waals surface area contributed by atoms with Crippen molar-refractivity contribution < 1.29 is 22.5 Å². The molecule has 0 radical (unpaired) electrons. The lowest BCUT2D eigenvalue weighted by molar-refractivity contribution is -0.385. The van der Waals surface area contributed by atoms with Gasteiger partial charge >= 0.3 is 0 Å². The van der Waals surface area contributed by atoms with Crippen molar-refractivity contribution >= 4 is 32.8 Å². The van der Waals surface area contributed by atoms with Crippen molar-refractivity contribution in [2.75, 3.05) is 17.3 Å². The lowest BCUT2D eigenvalue weighted by Crippen LogP contribution is -2.15. The van der Waals surface area contributed by atoms with Crippen molar-refractivity contribution in [3.05, 3.63) is 76.7 Å². The molecule has 0 saturated carbocycles. The van der Waals surface area contributed by atoms with Crippen molar-refractivity contribution in [3.8, 4) is 5.75 Å². The lowest BCUT2D eigenvalue weighted by Gasteiger charge is -2.12. The second-order valence-corrected chi connectivity index (χ2v) is 7.71. The lowest BCUT2D eigenvalue weighted by atomic mass is 10.3. The first kappa shape index (κ1) is 20.9. The number of sulfonamides is 1. The topological polar surface area (TPSA) is 136 Å². The first-order chi connectivity index (χ1) is 14.3. The van der Waals surface area contributed by atoms with E-state index in [4.69, 9.17) is 9.15 Å². The van der Waals surface area contributed by atoms with E-state index in [0.717, 1.165) is 6.07 Å². The number of nitrogens with one attached hydrogen (secondary N) is 2. The van der Waals surface area contributed by atoms with Gasteiger partial charge in [-0.3, -0.25) is 20.3 Å². The Hall–Kier alpha value is -3.86. The van der Waals surface area contributed by atoms with Crippen LogP contribution in [-0.4, -0.2) is 26.2 Å². The Kier molecular flexibility index (Phi) is 6.02. The molecule has 0 saturated heterocycles. The molecule has 1 aromatic heterocycles. The first-order valence-corrected chi connectivity index (χ1v) is 10.1. The normalized spacial score (nSPS) is 11.7. The third-order valence-electron chi connectivity index (χ3n) is 4.03. The quantitative estimate of drug-likeness (QED) is 0.315. The van der Waals surface area contributed by atoms with Gasteiger partial charge in [-0.05, 0) is 49.4 Å². The molecule has 0 aliphatic heterocycles. The molecule has 0 spiro atoms. The Balaban J connectivity index is 1.96. The van der Waals surface area contributed by atoms with Crippen LogP contribution >= 0.6 is 0 Å². The van der Waals surface area contributed by atoms with Gasteiger partial charge < -0.3 is 9.15 Å². The van der Waals surface area contributed by atoms with Gasteiger partial charge in [-0.1, -0.05) is 0 Å². The highest BCUT2D eigenvalue weighted by atomic mass is 32.2. The summed E-state index contributed by atoms with van der Waals surface area (Å²) in [7, 11) is -2.68. The Bertz CT molecular complexity index is 1170. The zero-order valence-corrected chi connectivity index (χ0v) is 16.8. The summed E-state index contributed by atoms with van der Waals surface area (Å²) in [6.45, 7) is 1.67. The summed E-state index contributed by atoms with van der Waals surface area (Å²) in [5.74, 6) is 1.04. The van der Waals surface area contributed by atoms with Crippen molar-refractivity contribution in [2.45, 2.75) is 11.8 Å². The number of furan rings is 1. The average Bonchev–Trinajstić information content (AvgIpc) is 3.27. The van der Waals surface area contributed by atoms with E-state index in [-0.39, 0.29) is 22.0 Å². The van der Waals surface area contributed by atoms with E-state index >= 15 is 0 Å². The number of hydrogen-bond acceptors (Lipinski definition) is 8. The van der Waals surface area contributed by atoms with Crippen LogP contribution in [0.3, 0.4) is 0 Å². The van der Waals surface area contributed by atoms with Crippen LogP contribution in [-0.2, 0) is 10.0 Å². The van der Waals surface area contributed by atoms with Gasteiger partial charge in [0.15, 0.2) is 0 Å². The molecule has 10 nitrogen and oxygen atoms in total. The number of methoxy groups -OCH3 is 1. The summed E-state index contributed by atoms with van der Waals surface area (Å²) < 4.78 is 38.6. The summed E-state index contributed by atoms with van der Waals surface area (Å²) in [6, 6.07) is 13.0. The number of non-ortho nitro benzene ring substituents is 1. The Labute approximate surface area is 172 Å². The first-order valence-electron chi connectivity index (χ1n) is 8.59. The van der Waals surface area contributed by atoms with Crippen molar-refractivity contribution in [2.24, 2.45) is 5.10 Å². The van der Waals surface area contributed by atoms with Crippen LogP contribution in [0.25, 0.3) is 0 Å². The Morgan fingerprint density at radius 3 is 2.50 bits per heavy atom. The Morgan fingerprint density at radius 2 is 1.90 bits per heavy atom. The fourth-order valence-electron chi connectivity index (χ4n) is 2.49. The van der Waals surface area contributed by atoms with Crippen LogP contribution in [0.1, 0.15) is 12.7 Å². The molecule has 3 rings (SSSR count). The van der Waals surface area contributed by atoms with Gasteiger partial charge in [0, 0.05) is 17.8 Å². The van der Waals surface area contributed by atoms with Gasteiger partial charge in [0.2, 0.25) is 0 Å². The molecule has 0 aliphatic carbocycles.